The molecule has 0 rings (SSSR count). The van der Waals surface area contributed by atoms with Crippen molar-refractivity contribution < 1.29 is 14.7 Å². The van der Waals surface area contributed by atoms with Gasteiger partial charge in [-0.3, -0.25) is 0 Å². The van der Waals surface area contributed by atoms with Crippen LogP contribution in [0.5, 0.6) is 0 Å². The molecular weight excluding hydrogens is 208 g/mol. The third kappa shape index (κ3) is 4.33. The number of likely N-dealkylation sites (N-methyl/N-ethyl adjacent to an activating group) is 1. The lowest BCUT2D eigenvalue weighted by atomic mass is 9.87. The Morgan fingerprint density at radius 3 is 2.31 bits per heavy atom. The topological polar surface area (TPSA) is 69.6 Å². The number of rotatable bonds is 4. The van der Waals surface area contributed by atoms with E-state index in [1.165, 1.54) is 4.90 Å². The highest BCUT2D eigenvalue weighted by Gasteiger charge is 2.33. The molecule has 0 radical (unpaired) electrons. The van der Waals surface area contributed by atoms with Gasteiger partial charge in [-0.15, -0.1) is 6.58 Å². The van der Waals surface area contributed by atoms with E-state index in [2.05, 4.69) is 11.9 Å². The van der Waals surface area contributed by atoms with Crippen LogP contribution >= 0.6 is 0 Å². The van der Waals surface area contributed by atoms with Gasteiger partial charge < -0.3 is 15.3 Å². The summed E-state index contributed by atoms with van der Waals surface area (Å²) in [6, 6.07) is -1.32. The monoisotopic (exact) mass is 228 g/mol. The second kappa shape index (κ2) is 5.53. The maximum absolute atomic E-state index is 11.6. The standard InChI is InChI=1S/C11H20N2O3/c1-6-7-13(5)10(16)12-8(9(14)15)11(2,3)4/h6,8H,1,7H2,2-5H3,(H,12,16)(H,14,15)/t8-/m1/s1. The number of amides is 2. The maximum atomic E-state index is 11.6. The largest absolute Gasteiger partial charge is 0.480 e. The number of nitrogens with zero attached hydrogens (tertiary/aromatic N) is 1. The summed E-state index contributed by atoms with van der Waals surface area (Å²) in [6.45, 7) is 9.18. The van der Waals surface area contributed by atoms with E-state index in [0.717, 1.165) is 0 Å². The Morgan fingerprint density at radius 1 is 1.50 bits per heavy atom. The van der Waals surface area contributed by atoms with Crippen LogP contribution in [0.2, 0.25) is 0 Å². The molecule has 0 fully saturated rings. The summed E-state index contributed by atoms with van der Waals surface area (Å²) in [5, 5.41) is 11.5. The number of hydrogen-bond acceptors (Lipinski definition) is 2. The van der Waals surface area contributed by atoms with Gasteiger partial charge in [0.05, 0.1) is 0 Å². The SMILES string of the molecule is C=CCN(C)C(=O)N[C@H](C(=O)O)C(C)(C)C. The molecule has 0 heterocycles. The van der Waals surface area contributed by atoms with Gasteiger partial charge in [-0.2, -0.15) is 0 Å². The molecule has 0 aromatic rings. The molecule has 0 aliphatic carbocycles. The molecule has 0 spiro atoms. The molecule has 0 aromatic carbocycles. The summed E-state index contributed by atoms with van der Waals surface area (Å²) in [4.78, 5) is 24.0. The lowest BCUT2D eigenvalue weighted by molar-refractivity contribution is -0.142. The van der Waals surface area contributed by atoms with Crippen LogP contribution in [0.1, 0.15) is 20.8 Å². The molecule has 0 aliphatic rings. The van der Waals surface area contributed by atoms with Crippen molar-refractivity contribution in [2.45, 2.75) is 26.8 Å². The fourth-order valence-electron chi connectivity index (χ4n) is 1.16. The summed E-state index contributed by atoms with van der Waals surface area (Å²) < 4.78 is 0. The molecule has 0 saturated heterocycles. The fourth-order valence-corrected chi connectivity index (χ4v) is 1.16. The third-order valence-electron chi connectivity index (χ3n) is 2.13. The Kier molecular flexibility index (Phi) is 5.01. The van der Waals surface area contributed by atoms with E-state index in [0.29, 0.717) is 6.54 Å². The molecule has 0 aliphatic heterocycles. The van der Waals surface area contributed by atoms with Gasteiger partial charge in [-0.05, 0) is 5.41 Å². The first-order valence-electron chi connectivity index (χ1n) is 5.05. The maximum Gasteiger partial charge on any atom is 0.326 e. The zero-order valence-electron chi connectivity index (χ0n) is 10.3. The number of nitrogens with one attached hydrogen (secondary N) is 1. The minimum Gasteiger partial charge on any atom is -0.480 e. The highest BCUT2D eigenvalue weighted by molar-refractivity contribution is 5.83. The number of aliphatic carboxylic acids is 1. The van der Waals surface area contributed by atoms with Gasteiger partial charge in [-0.25, -0.2) is 9.59 Å². The average molecular weight is 228 g/mol. The Hall–Kier alpha value is -1.52. The van der Waals surface area contributed by atoms with Crippen LogP contribution in [-0.4, -0.2) is 41.6 Å². The molecule has 2 N–H and O–H groups in total. The van der Waals surface area contributed by atoms with E-state index < -0.39 is 23.5 Å². The van der Waals surface area contributed by atoms with Gasteiger partial charge in [0.25, 0.3) is 0 Å². The lowest BCUT2D eigenvalue weighted by Gasteiger charge is -2.29. The second-order valence-electron chi connectivity index (χ2n) is 4.76. The number of hydrogen-bond donors (Lipinski definition) is 2. The number of urea groups is 1. The number of carbonyl (C=O) groups is 2. The smallest absolute Gasteiger partial charge is 0.326 e. The van der Waals surface area contributed by atoms with Crippen LogP contribution in [0.4, 0.5) is 4.79 Å². The van der Waals surface area contributed by atoms with Crippen LogP contribution in [0, 0.1) is 5.41 Å². The van der Waals surface area contributed by atoms with Crippen LogP contribution in [0.15, 0.2) is 12.7 Å². The van der Waals surface area contributed by atoms with Gasteiger partial charge in [0, 0.05) is 13.6 Å². The van der Waals surface area contributed by atoms with Crippen molar-refractivity contribution in [3.63, 3.8) is 0 Å². The van der Waals surface area contributed by atoms with E-state index in [9.17, 15) is 9.59 Å². The van der Waals surface area contributed by atoms with E-state index in [1.807, 2.05) is 0 Å². The molecule has 16 heavy (non-hydrogen) atoms. The van der Waals surface area contributed by atoms with Crippen molar-refractivity contribution in [2.24, 2.45) is 5.41 Å². The minimum absolute atomic E-state index is 0.377. The van der Waals surface area contributed by atoms with Gasteiger partial charge in [0.2, 0.25) is 0 Å². The van der Waals surface area contributed by atoms with Crippen molar-refractivity contribution in [3.8, 4) is 0 Å². The third-order valence-corrected chi connectivity index (χ3v) is 2.13. The first-order valence-corrected chi connectivity index (χ1v) is 5.05. The van der Waals surface area contributed by atoms with E-state index >= 15 is 0 Å². The first-order chi connectivity index (χ1) is 7.20. The quantitative estimate of drug-likeness (QED) is 0.713. The van der Waals surface area contributed by atoms with Crippen LogP contribution < -0.4 is 5.32 Å². The average Bonchev–Trinajstić information content (AvgIpc) is 2.11. The summed E-state index contributed by atoms with van der Waals surface area (Å²) in [5.74, 6) is -1.03. The van der Waals surface area contributed by atoms with Gasteiger partial charge in [-0.1, -0.05) is 26.8 Å². The highest BCUT2D eigenvalue weighted by Crippen LogP contribution is 2.19. The van der Waals surface area contributed by atoms with Crippen LogP contribution in [0.3, 0.4) is 0 Å². The van der Waals surface area contributed by atoms with Crippen molar-refractivity contribution in [1.29, 1.82) is 0 Å². The Labute approximate surface area is 96.1 Å². The molecule has 2 amide bonds. The minimum atomic E-state index is -1.03. The lowest BCUT2D eigenvalue weighted by Crippen LogP contribution is -2.52. The van der Waals surface area contributed by atoms with E-state index in [-0.39, 0.29) is 0 Å². The number of carbonyl (C=O) groups excluding carboxylic acids is 1. The van der Waals surface area contributed by atoms with Crippen molar-refractivity contribution in [2.75, 3.05) is 13.6 Å². The summed E-state index contributed by atoms with van der Waals surface area (Å²) >= 11 is 0. The molecule has 1 atom stereocenters. The molecule has 0 aromatic heterocycles. The van der Waals surface area contributed by atoms with Gasteiger partial charge in [0.15, 0.2) is 0 Å². The summed E-state index contributed by atoms with van der Waals surface area (Å²) in [5.41, 5.74) is -0.531. The normalized spacial score (nSPS) is 12.8. The Bertz CT molecular complexity index is 281. The number of carboxylic acid groups (broad SMARTS) is 1. The fraction of sp³-hybridized carbons (Fsp3) is 0.636. The molecular formula is C11H20N2O3. The first kappa shape index (κ1) is 14.5. The van der Waals surface area contributed by atoms with Crippen LogP contribution in [-0.2, 0) is 4.79 Å². The van der Waals surface area contributed by atoms with Crippen molar-refractivity contribution >= 4 is 12.0 Å². The second-order valence-corrected chi connectivity index (χ2v) is 4.76. The van der Waals surface area contributed by atoms with Crippen molar-refractivity contribution in [1.82, 2.24) is 10.2 Å². The number of carboxylic acids is 1. The summed E-state index contributed by atoms with van der Waals surface area (Å²) in [7, 11) is 1.58. The molecule has 92 valence electrons. The molecule has 0 bridgehead atoms. The van der Waals surface area contributed by atoms with Crippen molar-refractivity contribution in [3.05, 3.63) is 12.7 Å². The molecule has 5 heteroatoms. The molecule has 0 unspecified atom stereocenters. The highest BCUT2D eigenvalue weighted by atomic mass is 16.4. The van der Waals surface area contributed by atoms with Gasteiger partial charge >= 0.3 is 12.0 Å². The van der Waals surface area contributed by atoms with Crippen LogP contribution in [0.25, 0.3) is 0 Å². The van der Waals surface area contributed by atoms with E-state index in [4.69, 9.17) is 5.11 Å². The predicted octanol–water partition coefficient (Wildman–Crippen LogP) is 1.31. The predicted molar refractivity (Wildman–Crippen MR) is 62.2 cm³/mol. The Balaban J connectivity index is 4.59. The Morgan fingerprint density at radius 2 is 2.00 bits per heavy atom. The zero-order chi connectivity index (χ0) is 12.9. The van der Waals surface area contributed by atoms with E-state index in [1.54, 1.807) is 33.9 Å². The van der Waals surface area contributed by atoms with Gasteiger partial charge in [0.1, 0.15) is 6.04 Å². The molecule has 5 nitrogen and oxygen atoms in total. The zero-order valence-corrected chi connectivity index (χ0v) is 10.3. The summed E-state index contributed by atoms with van der Waals surface area (Å²) in [6.07, 6.45) is 1.58. The molecule has 0 saturated carbocycles.